The lowest BCUT2D eigenvalue weighted by atomic mass is 10.1. The van der Waals surface area contributed by atoms with Gasteiger partial charge in [-0.25, -0.2) is 0 Å². The molecule has 0 atom stereocenters. The summed E-state index contributed by atoms with van der Waals surface area (Å²) in [6, 6.07) is 18.5. The Hall–Kier alpha value is -1.94. The number of nitrogens with two attached hydrogens (primary N) is 1. The van der Waals surface area contributed by atoms with Gasteiger partial charge in [0.05, 0.1) is 0 Å². The minimum absolute atomic E-state index is 0.228. The SMILES string of the molecule is N/C(Cc1ccc(CSc2ccccc2)cc1)=N/O. The van der Waals surface area contributed by atoms with E-state index in [1.165, 1.54) is 10.5 Å². The van der Waals surface area contributed by atoms with Crippen LogP contribution < -0.4 is 5.73 Å². The Balaban J connectivity index is 1.92. The van der Waals surface area contributed by atoms with Crippen LogP contribution in [0.15, 0.2) is 64.6 Å². The van der Waals surface area contributed by atoms with Gasteiger partial charge in [0.1, 0.15) is 5.84 Å². The van der Waals surface area contributed by atoms with Crippen molar-refractivity contribution < 1.29 is 5.21 Å². The highest BCUT2D eigenvalue weighted by molar-refractivity contribution is 7.98. The molecule has 0 saturated heterocycles. The lowest BCUT2D eigenvalue weighted by Gasteiger charge is -2.04. The smallest absolute Gasteiger partial charge is 0.143 e. The zero-order valence-corrected chi connectivity index (χ0v) is 11.3. The summed E-state index contributed by atoms with van der Waals surface area (Å²) < 4.78 is 0. The normalized spacial score (nSPS) is 11.5. The van der Waals surface area contributed by atoms with E-state index >= 15 is 0 Å². The summed E-state index contributed by atoms with van der Waals surface area (Å²) in [7, 11) is 0. The molecule has 2 rings (SSSR count). The highest BCUT2D eigenvalue weighted by atomic mass is 32.2. The minimum Gasteiger partial charge on any atom is -0.409 e. The van der Waals surface area contributed by atoms with Gasteiger partial charge >= 0.3 is 0 Å². The summed E-state index contributed by atoms with van der Waals surface area (Å²) >= 11 is 1.81. The minimum atomic E-state index is 0.228. The Bertz CT molecular complexity index is 538. The lowest BCUT2D eigenvalue weighted by molar-refractivity contribution is 0.317. The van der Waals surface area contributed by atoms with Gasteiger partial charge < -0.3 is 10.9 Å². The van der Waals surface area contributed by atoms with Crippen molar-refractivity contribution in [3.63, 3.8) is 0 Å². The van der Waals surface area contributed by atoms with E-state index in [1.54, 1.807) is 0 Å². The molecular weight excluding hydrogens is 256 g/mol. The standard InChI is InChI=1S/C15H16N2OS/c16-15(17-18)10-12-6-8-13(9-7-12)11-19-14-4-2-1-3-5-14/h1-9,18H,10-11H2,(H2,16,17). The van der Waals surface area contributed by atoms with Crippen LogP contribution in [-0.2, 0) is 12.2 Å². The average Bonchev–Trinajstić information content (AvgIpc) is 2.47. The number of hydrogen-bond donors (Lipinski definition) is 2. The van der Waals surface area contributed by atoms with Crippen LogP contribution in [0, 0.1) is 0 Å². The van der Waals surface area contributed by atoms with Gasteiger partial charge in [0.25, 0.3) is 0 Å². The molecule has 4 heteroatoms. The van der Waals surface area contributed by atoms with Crippen molar-refractivity contribution in [2.75, 3.05) is 0 Å². The molecule has 0 aromatic heterocycles. The monoisotopic (exact) mass is 272 g/mol. The first-order chi connectivity index (χ1) is 9.28. The lowest BCUT2D eigenvalue weighted by Crippen LogP contribution is -2.14. The first-order valence-corrected chi connectivity index (χ1v) is 6.98. The molecule has 2 aromatic rings. The molecular formula is C15H16N2OS. The molecule has 0 spiro atoms. The first kappa shape index (κ1) is 13.5. The molecule has 19 heavy (non-hydrogen) atoms. The quantitative estimate of drug-likeness (QED) is 0.289. The van der Waals surface area contributed by atoms with E-state index in [9.17, 15) is 0 Å². The molecule has 0 aliphatic heterocycles. The van der Waals surface area contributed by atoms with Gasteiger partial charge in [0.2, 0.25) is 0 Å². The predicted molar refractivity (Wildman–Crippen MR) is 79.6 cm³/mol. The summed E-state index contributed by atoms with van der Waals surface area (Å²) in [4.78, 5) is 1.27. The Morgan fingerprint density at radius 2 is 1.63 bits per heavy atom. The topological polar surface area (TPSA) is 58.6 Å². The maximum Gasteiger partial charge on any atom is 0.143 e. The number of amidine groups is 1. The van der Waals surface area contributed by atoms with E-state index in [0.717, 1.165) is 11.3 Å². The van der Waals surface area contributed by atoms with Crippen molar-refractivity contribution in [1.82, 2.24) is 0 Å². The van der Waals surface area contributed by atoms with Gasteiger partial charge in [-0.15, -0.1) is 11.8 Å². The number of oxime groups is 1. The molecule has 0 amide bonds. The van der Waals surface area contributed by atoms with Crippen molar-refractivity contribution in [1.29, 1.82) is 0 Å². The Morgan fingerprint density at radius 1 is 1.00 bits per heavy atom. The summed E-state index contributed by atoms with van der Waals surface area (Å²) in [6.45, 7) is 0. The molecule has 0 saturated carbocycles. The fourth-order valence-electron chi connectivity index (χ4n) is 1.68. The molecule has 0 unspecified atom stereocenters. The largest absolute Gasteiger partial charge is 0.409 e. The third kappa shape index (κ3) is 4.34. The van der Waals surface area contributed by atoms with Crippen LogP contribution in [0.4, 0.5) is 0 Å². The number of benzene rings is 2. The average molecular weight is 272 g/mol. The van der Waals surface area contributed by atoms with Gasteiger partial charge in [-0.1, -0.05) is 47.6 Å². The van der Waals surface area contributed by atoms with Gasteiger partial charge in [-0.2, -0.15) is 0 Å². The molecule has 0 aliphatic carbocycles. The van der Waals surface area contributed by atoms with Crippen molar-refractivity contribution in [3.8, 4) is 0 Å². The molecule has 0 radical (unpaired) electrons. The van der Waals surface area contributed by atoms with Crippen LogP contribution in [0.25, 0.3) is 0 Å². The molecule has 0 aliphatic rings. The third-order valence-corrected chi connectivity index (χ3v) is 3.77. The van der Waals surface area contributed by atoms with Gasteiger partial charge in [-0.05, 0) is 23.3 Å². The van der Waals surface area contributed by atoms with Gasteiger partial charge in [0.15, 0.2) is 0 Å². The second kappa shape index (κ2) is 6.85. The second-order valence-electron chi connectivity index (χ2n) is 4.19. The fourth-order valence-corrected chi connectivity index (χ4v) is 2.56. The van der Waals surface area contributed by atoms with Crippen molar-refractivity contribution in [3.05, 3.63) is 65.7 Å². The zero-order chi connectivity index (χ0) is 13.5. The molecule has 3 nitrogen and oxygen atoms in total. The fraction of sp³-hybridized carbons (Fsp3) is 0.133. The summed E-state index contributed by atoms with van der Waals surface area (Å²) in [6.07, 6.45) is 0.475. The first-order valence-electron chi connectivity index (χ1n) is 6.00. The number of thioether (sulfide) groups is 1. The molecule has 0 bridgehead atoms. The van der Waals surface area contributed by atoms with Gasteiger partial charge in [0, 0.05) is 17.1 Å². The molecule has 3 N–H and O–H groups in total. The van der Waals surface area contributed by atoms with Crippen LogP contribution in [0.2, 0.25) is 0 Å². The van der Waals surface area contributed by atoms with Crippen LogP contribution in [0.5, 0.6) is 0 Å². The highest BCUT2D eigenvalue weighted by Crippen LogP contribution is 2.22. The van der Waals surface area contributed by atoms with Crippen LogP contribution in [-0.4, -0.2) is 11.0 Å². The van der Waals surface area contributed by atoms with Crippen molar-refractivity contribution in [2.45, 2.75) is 17.1 Å². The van der Waals surface area contributed by atoms with Gasteiger partial charge in [-0.3, -0.25) is 0 Å². The van der Waals surface area contributed by atoms with E-state index in [-0.39, 0.29) is 5.84 Å². The van der Waals surface area contributed by atoms with E-state index < -0.39 is 0 Å². The third-order valence-electron chi connectivity index (χ3n) is 2.69. The van der Waals surface area contributed by atoms with E-state index in [0.29, 0.717) is 6.42 Å². The number of nitrogens with zero attached hydrogens (tertiary/aromatic N) is 1. The maximum absolute atomic E-state index is 8.52. The number of rotatable bonds is 5. The van der Waals surface area contributed by atoms with E-state index in [2.05, 4.69) is 29.4 Å². The Labute approximate surface area is 117 Å². The van der Waals surface area contributed by atoms with E-state index in [4.69, 9.17) is 10.9 Å². The highest BCUT2D eigenvalue weighted by Gasteiger charge is 1.99. The second-order valence-corrected chi connectivity index (χ2v) is 5.24. The molecule has 98 valence electrons. The summed E-state index contributed by atoms with van der Waals surface area (Å²) in [5.74, 6) is 1.17. The van der Waals surface area contributed by atoms with Crippen LogP contribution in [0.1, 0.15) is 11.1 Å². The van der Waals surface area contributed by atoms with Crippen molar-refractivity contribution in [2.24, 2.45) is 10.9 Å². The van der Waals surface area contributed by atoms with E-state index in [1.807, 2.05) is 42.1 Å². The van der Waals surface area contributed by atoms with Crippen molar-refractivity contribution >= 4 is 17.6 Å². The molecule has 0 heterocycles. The number of hydrogen-bond acceptors (Lipinski definition) is 3. The van der Waals surface area contributed by atoms with Crippen LogP contribution >= 0.6 is 11.8 Å². The summed E-state index contributed by atoms with van der Waals surface area (Å²) in [5, 5.41) is 11.5. The zero-order valence-electron chi connectivity index (χ0n) is 10.5. The Kier molecular flexibility index (Phi) is 4.86. The maximum atomic E-state index is 8.52. The molecule has 2 aromatic carbocycles. The predicted octanol–water partition coefficient (Wildman–Crippen LogP) is 3.27. The van der Waals surface area contributed by atoms with Crippen LogP contribution in [0.3, 0.4) is 0 Å². The Morgan fingerprint density at radius 3 is 2.26 bits per heavy atom. The summed E-state index contributed by atoms with van der Waals surface area (Å²) in [5.41, 5.74) is 7.78. The molecule has 0 fully saturated rings.